The number of carbonyl (C=O) groups excluding carboxylic acids is 1. The summed E-state index contributed by atoms with van der Waals surface area (Å²) in [5.41, 5.74) is 0.360. The Hall–Kier alpha value is -0.940. The molecule has 0 atom stereocenters. The number of hydrogen-bond donors (Lipinski definition) is 0. The van der Waals surface area contributed by atoms with Crippen LogP contribution in [0.1, 0.15) is 22.3 Å². The fourth-order valence-corrected chi connectivity index (χ4v) is 1.50. The summed E-state index contributed by atoms with van der Waals surface area (Å²) in [4.78, 5) is 12.1. The van der Waals surface area contributed by atoms with E-state index in [2.05, 4.69) is 4.37 Å². The van der Waals surface area contributed by atoms with Gasteiger partial charge in [0, 0.05) is 7.11 Å². The van der Waals surface area contributed by atoms with E-state index in [-0.39, 0.29) is 5.97 Å². The molecule has 0 spiro atoms. The van der Waals surface area contributed by atoms with E-state index in [0.29, 0.717) is 18.9 Å². The van der Waals surface area contributed by atoms with E-state index in [0.717, 1.165) is 4.88 Å². The Morgan fingerprint density at radius 2 is 2.46 bits per heavy atom. The first-order valence-corrected chi connectivity index (χ1v) is 4.67. The fraction of sp³-hybridized carbons (Fsp3) is 0.500. The van der Waals surface area contributed by atoms with E-state index in [1.165, 1.54) is 11.5 Å². The first kappa shape index (κ1) is 10.1. The van der Waals surface area contributed by atoms with Gasteiger partial charge >= 0.3 is 5.97 Å². The summed E-state index contributed by atoms with van der Waals surface area (Å²) in [6, 6.07) is 1.69. The van der Waals surface area contributed by atoms with Crippen molar-refractivity contribution in [3.05, 3.63) is 16.6 Å². The van der Waals surface area contributed by atoms with Gasteiger partial charge < -0.3 is 9.47 Å². The Bertz CT molecular complexity index is 285. The number of esters is 1. The summed E-state index contributed by atoms with van der Waals surface area (Å²) in [5, 5.41) is 0. The number of hydrogen-bond acceptors (Lipinski definition) is 5. The van der Waals surface area contributed by atoms with Gasteiger partial charge in [0.25, 0.3) is 0 Å². The largest absolute Gasteiger partial charge is 0.461 e. The second-order valence-corrected chi connectivity index (χ2v) is 3.22. The van der Waals surface area contributed by atoms with Crippen LogP contribution >= 0.6 is 11.5 Å². The first-order valence-electron chi connectivity index (χ1n) is 3.89. The second-order valence-electron chi connectivity index (χ2n) is 2.33. The van der Waals surface area contributed by atoms with Gasteiger partial charge in [-0.1, -0.05) is 0 Å². The van der Waals surface area contributed by atoms with Crippen LogP contribution in [-0.4, -0.2) is 24.1 Å². The standard InChI is InChI=1S/C8H11NO3S/c1-3-12-8(10)7-4-6(5-11-2)13-9-7/h4H,3,5H2,1-2H3. The minimum atomic E-state index is -0.374. The number of methoxy groups -OCH3 is 1. The molecule has 1 rings (SSSR count). The number of nitrogens with zero attached hydrogens (tertiary/aromatic N) is 1. The highest BCUT2D eigenvalue weighted by atomic mass is 32.1. The molecule has 1 aromatic heterocycles. The van der Waals surface area contributed by atoms with Gasteiger partial charge in [0.1, 0.15) is 0 Å². The van der Waals surface area contributed by atoms with Crippen LogP contribution in [0.5, 0.6) is 0 Å². The molecule has 0 saturated carbocycles. The molecule has 0 aliphatic heterocycles. The van der Waals surface area contributed by atoms with Crippen molar-refractivity contribution in [2.75, 3.05) is 13.7 Å². The molecule has 1 heterocycles. The molecule has 0 fully saturated rings. The quantitative estimate of drug-likeness (QED) is 0.692. The topological polar surface area (TPSA) is 48.4 Å². The predicted octanol–water partition coefficient (Wildman–Crippen LogP) is 1.47. The van der Waals surface area contributed by atoms with Crippen LogP contribution in [0.2, 0.25) is 0 Å². The van der Waals surface area contributed by atoms with E-state index in [1.54, 1.807) is 20.1 Å². The molecule has 0 N–H and O–H groups in total. The monoisotopic (exact) mass is 201 g/mol. The molecule has 0 radical (unpaired) electrons. The Labute approximate surface area is 80.6 Å². The average molecular weight is 201 g/mol. The number of ether oxygens (including phenoxy) is 2. The van der Waals surface area contributed by atoms with Gasteiger partial charge in [-0.3, -0.25) is 0 Å². The van der Waals surface area contributed by atoms with Crippen LogP contribution < -0.4 is 0 Å². The maximum atomic E-state index is 11.1. The van der Waals surface area contributed by atoms with Crippen LogP contribution in [0, 0.1) is 0 Å². The summed E-state index contributed by atoms with van der Waals surface area (Å²) in [6.07, 6.45) is 0. The smallest absolute Gasteiger partial charge is 0.358 e. The highest BCUT2D eigenvalue weighted by molar-refractivity contribution is 7.05. The highest BCUT2D eigenvalue weighted by Crippen LogP contribution is 2.11. The summed E-state index contributed by atoms with van der Waals surface area (Å²) in [5.74, 6) is -0.374. The lowest BCUT2D eigenvalue weighted by atomic mass is 10.4. The molecule has 72 valence electrons. The molecule has 1 aromatic rings. The number of carbonyl (C=O) groups is 1. The van der Waals surface area contributed by atoms with Crippen LogP contribution in [0.25, 0.3) is 0 Å². The minimum absolute atomic E-state index is 0.360. The summed E-state index contributed by atoms with van der Waals surface area (Å²) in [7, 11) is 1.60. The number of aromatic nitrogens is 1. The first-order chi connectivity index (χ1) is 6.27. The van der Waals surface area contributed by atoms with Gasteiger partial charge in [0.05, 0.1) is 18.1 Å². The molecule has 0 aliphatic carbocycles. The van der Waals surface area contributed by atoms with E-state index in [1.807, 2.05) is 0 Å². The normalized spacial score (nSPS) is 10.0. The van der Waals surface area contributed by atoms with Crippen molar-refractivity contribution in [1.82, 2.24) is 4.37 Å². The van der Waals surface area contributed by atoms with Crippen molar-refractivity contribution in [3.8, 4) is 0 Å². The third-order valence-electron chi connectivity index (χ3n) is 1.33. The van der Waals surface area contributed by atoms with E-state index < -0.39 is 0 Å². The third-order valence-corrected chi connectivity index (χ3v) is 2.09. The molecule has 0 bridgehead atoms. The van der Waals surface area contributed by atoms with E-state index in [4.69, 9.17) is 9.47 Å². The molecule has 0 saturated heterocycles. The van der Waals surface area contributed by atoms with Crippen LogP contribution in [0.15, 0.2) is 6.07 Å². The van der Waals surface area contributed by atoms with Gasteiger partial charge in [-0.2, -0.15) is 4.37 Å². The lowest BCUT2D eigenvalue weighted by Crippen LogP contribution is -2.04. The number of rotatable bonds is 4. The predicted molar refractivity (Wildman–Crippen MR) is 48.8 cm³/mol. The molecular weight excluding hydrogens is 190 g/mol. The molecule has 5 heteroatoms. The van der Waals surface area contributed by atoms with Crippen molar-refractivity contribution in [2.45, 2.75) is 13.5 Å². The highest BCUT2D eigenvalue weighted by Gasteiger charge is 2.10. The van der Waals surface area contributed by atoms with E-state index in [9.17, 15) is 4.79 Å². The molecule has 4 nitrogen and oxygen atoms in total. The van der Waals surface area contributed by atoms with E-state index >= 15 is 0 Å². The lowest BCUT2D eigenvalue weighted by Gasteiger charge is -1.95. The third kappa shape index (κ3) is 2.78. The summed E-state index contributed by atoms with van der Waals surface area (Å²) in [6.45, 7) is 2.62. The second kappa shape index (κ2) is 4.94. The maximum absolute atomic E-state index is 11.1. The Morgan fingerprint density at radius 1 is 1.69 bits per heavy atom. The Balaban J connectivity index is 2.62. The average Bonchev–Trinajstić information content (AvgIpc) is 2.54. The molecule has 0 amide bonds. The van der Waals surface area contributed by atoms with Crippen LogP contribution in [0.3, 0.4) is 0 Å². The van der Waals surface area contributed by atoms with Crippen LogP contribution in [-0.2, 0) is 16.1 Å². The van der Waals surface area contributed by atoms with Gasteiger partial charge in [-0.05, 0) is 24.5 Å². The molecule has 0 aromatic carbocycles. The zero-order chi connectivity index (χ0) is 9.68. The van der Waals surface area contributed by atoms with Crippen molar-refractivity contribution in [3.63, 3.8) is 0 Å². The van der Waals surface area contributed by atoms with Gasteiger partial charge in [0.2, 0.25) is 0 Å². The Kier molecular flexibility index (Phi) is 3.85. The molecule has 13 heavy (non-hydrogen) atoms. The minimum Gasteiger partial charge on any atom is -0.461 e. The lowest BCUT2D eigenvalue weighted by molar-refractivity contribution is 0.0521. The fourth-order valence-electron chi connectivity index (χ4n) is 0.825. The molecular formula is C8H11NO3S. The maximum Gasteiger partial charge on any atom is 0.358 e. The molecule has 0 aliphatic rings. The summed E-state index contributed by atoms with van der Waals surface area (Å²) < 4.78 is 13.6. The zero-order valence-electron chi connectivity index (χ0n) is 7.57. The SMILES string of the molecule is CCOC(=O)c1cc(COC)sn1. The zero-order valence-corrected chi connectivity index (χ0v) is 8.39. The Morgan fingerprint density at radius 3 is 3.08 bits per heavy atom. The van der Waals surface area contributed by atoms with Gasteiger partial charge in [-0.15, -0.1) is 0 Å². The van der Waals surface area contributed by atoms with Crippen molar-refractivity contribution in [2.24, 2.45) is 0 Å². The van der Waals surface area contributed by atoms with Gasteiger partial charge in [0.15, 0.2) is 5.69 Å². The van der Waals surface area contributed by atoms with Crippen molar-refractivity contribution >= 4 is 17.5 Å². The summed E-state index contributed by atoms with van der Waals surface area (Å²) >= 11 is 1.25. The van der Waals surface area contributed by atoms with Crippen LogP contribution in [0.4, 0.5) is 0 Å². The van der Waals surface area contributed by atoms with Gasteiger partial charge in [-0.25, -0.2) is 4.79 Å². The van der Waals surface area contributed by atoms with Crippen molar-refractivity contribution < 1.29 is 14.3 Å². The molecule has 0 unspecified atom stereocenters. The van der Waals surface area contributed by atoms with Crippen molar-refractivity contribution in [1.29, 1.82) is 0 Å².